The van der Waals surface area contributed by atoms with Crippen LogP contribution < -0.4 is 10.8 Å². The number of benzene rings is 2. The third kappa shape index (κ3) is 3.25. The minimum Gasteiger partial charge on any atom is -0.344 e. The molecule has 2 amide bonds. The summed E-state index contributed by atoms with van der Waals surface area (Å²) in [6.45, 7) is 1.88. The van der Waals surface area contributed by atoms with E-state index in [1.807, 2.05) is 48.9 Å². The van der Waals surface area contributed by atoms with Crippen molar-refractivity contribution in [3.05, 3.63) is 71.4 Å². The van der Waals surface area contributed by atoms with Crippen LogP contribution in [0.25, 0.3) is 10.9 Å². The number of carbonyl (C=O) groups is 2. The Labute approximate surface area is 145 Å². The molecule has 128 valence electrons. The Hall–Kier alpha value is -3.12. The van der Waals surface area contributed by atoms with Crippen molar-refractivity contribution in [2.45, 2.75) is 13.0 Å². The number of nitrogens with one attached hydrogen (secondary N) is 2. The van der Waals surface area contributed by atoms with Crippen molar-refractivity contribution in [3.8, 4) is 0 Å². The summed E-state index contributed by atoms with van der Waals surface area (Å²) in [5.74, 6) is -0.734. The molecule has 0 fully saturated rings. The number of fused-ring (bicyclic) bond motifs is 1. The van der Waals surface area contributed by atoms with E-state index in [4.69, 9.17) is 5.21 Å². The van der Waals surface area contributed by atoms with E-state index in [1.54, 1.807) is 29.7 Å². The molecule has 0 aliphatic heterocycles. The smallest absolute Gasteiger partial charge is 0.274 e. The molecule has 0 unspecified atom stereocenters. The van der Waals surface area contributed by atoms with Gasteiger partial charge in [-0.05, 0) is 36.8 Å². The highest BCUT2D eigenvalue weighted by atomic mass is 16.5. The fourth-order valence-corrected chi connectivity index (χ4v) is 2.85. The largest absolute Gasteiger partial charge is 0.344 e. The fourth-order valence-electron chi connectivity index (χ4n) is 2.85. The normalized spacial score (nSPS) is 12.0. The lowest BCUT2D eigenvalue weighted by Gasteiger charge is -2.15. The van der Waals surface area contributed by atoms with Gasteiger partial charge in [0.15, 0.2) is 0 Å². The van der Waals surface area contributed by atoms with Crippen LogP contribution in [-0.2, 0) is 7.05 Å². The Kier molecular flexibility index (Phi) is 4.54. The highest BCUT2D eigenvalue weighted by Crippen LogP contribution is 2.20. The molecule has 0 bridgehead atoms. The molecular formula is C19H19N3O3. The highest BCUT2D eigenvalue weighted by molar-refractivity contribution is 5.99. The van der Waals surface area contributed by atoms with Crippen molar-refractivity contribution >= 4 is 22.7 Å². The molecule has 1 heterocycles. The van der Waals surface area contributed by atoms with Gasteiger partial charge < -0.3 is 9.88 Å². The van der Waals surface area contributed by atoms with Gasteiger partial charge >= 0.3 is 0 Å². The van der Waals surface area contributed by atoms with Crippen LogP contribution in [0.4, 0.5) is 0 Å². The van der Waals surface area contributed by atoms with Gasteiger partial charge in [0, 0.05) is 23.5 Å². The van der Waals surface area contributed by atoms with Crippen LogP contribution in [0.3, 0.4) is 0 Å². The van der Waals surface area contributed by atoms with E-state index in [1.165, 1.54) is 0 Å². The zero-order valence-electron chi connectivity index (χ0n) is 14.0. The highest BCUT2D eigenvalue weighted by Gasteiger charge is 2.16. The third-order valence-corrected chi connectivity index (χ3v) is 4.31. The van der Waals surface area contributed by atoms with Gasteiger partial charge in [-0.2, -0.15) is 0 Å². The number of hydroxylamine groups is 1. The summed E-state index contributed by atoms with van der Waals surface area (Å²) in [5, 5.41) is 12.6. The van der Waals surface area contributed by atoms with Gasteiger partial charge in [0.2, 0.25) is 0 Å². The van der Waals surface area contributed by atoms with Gasteiger partial charge in [-0.1, -0.05) is 30.3 Å². The van der Waals surface area contributed by atoms with Gasteiger partial charge in [0.25, 0.3) is 11.8 Å². The average molecular weight is 337 g/mol. The lowest BCUT2D eigenvalue weighted by atomic mass is 10.1. The summed E-state index contributed by atoms with van der Waals surface area (Å²) in [5.41, 5.74) is 4.39. The molecule has 1 atom stereocenters. The summed E-state index contributed by atoms with van der Waals surface area (Å²) in [6, 6.07) is 16.2. The van der Waals surface area contributed by atoms with Crippen molar-refractivity contribution < 1.29 is 14.8 Å². The molecule has 0 radical (unpaired) electrons. The molecule has 0 spiro atoms. The molecule has 1 aromatic heterocycles. The first-order chi connectivity index (χ1) is 12.0. The van der Waals surface area contributed by atoms with E-state index in [0.717, 1.165) is 16.5 Å². The number of para-hydroxylation sites is 1. The van der Waals surface area contributed by atoms with E-state index in [-0.39, 0.29) is 11.9 Å². The Balaban J connectivity index is 1.77. The summed E-state index contributed by atoms with van der Waals surface area (Å²) >= 11 is 0. The maximum atomic E-state index is 12.6. The monoisotopic (exact) mass is 337 g/mol. The molecule has 25 heavy (non-hydrogen) atoms. The van der Waals surface area contributed by atoms with E-state index < -0.39 is 5.91 Å². The van der Waals surface area contributed by atoms with Crippen LogP contribution in [0.15, 0.2) is 54.6 Å². The Morgan fingerprint density at radius 3 is 2.36 bits per heavy atom. The SMILES string of the molecule is C[C@@H](NC(=O)c1cc2ccccc2n1C)c1ccc(C(=O)NO)cc1. The van der Waals surface area contributed by atoms with E-state index in [0.29, 0.717) is 11.3 Å². The maximum Gasteiger partial charge on any atom is 0.274 e. The number of carbonyl (C=O) groups excluding carboxylic acids is 2. The summed E-state index contributed by atoms with van der Waals surface area (Å²) in [6.07, 6.45) is 0. The van der Waals surface area contributed by atoms with E-state index in [2.05, 4.69) is 5.32 Å². The number of aromatic nitrogens is 1. The standard InChI is InChI=1S/C19H19N3O3/c1-12(13-7-9-14(10-8-13)18(23)21-25)20-19(24)17-11-15-5-3-4-6-16(15)22(17)2/h3-12,25H,1-2H3,(H,20,24)(H,21,23)/t12-/m1/s1. The van der Waals surface area contributed by atoms with E-state index in [9.17, 15) is 9.59 Å². The maximum absolute atomic E-state index is 12.6. The minimum atomic E-state index is -0.571. The first-order valence-corrected chi connectivity index (χ1v) is 7.91. The summed E-state index contributed by atoms with van der Waals surface area (Å²) in [7, 11) is 1.87. The molecule has 3 rings (SSSR count). The van der Waals surface area contributed by atoms with Crippen LogP contribution >= 0.6 is 0 Å². The van der Waals surface area contributed by atoms with Gasteiger partial charge in [-0.15, -0.1) is 0 Å². The zero-order chi connectivity index (χ0) is 18.0. The second-order valence-corrected chi connectivity index (χ2v) is 5.91. The van der Waals surface area contributed by atoms with Crippen molar-refractivity contribution in [2.24, 2.45) is 7.05 Å². The van der Waals surface area contributed by atoms with Gasteiger partial charge in [-0.25, -0.2) is 5.48 Å². The fraction of sp³-hybridized carbons (Fsp3) is 0.158. The van der Waals surface area contributed by atoms with Crippen LogP contribution in [0.2, 0.25) is 0 Å². The third-order valence-electron chi connectivity index (χ3n) is 4.31. The van der Waals surface area contributed by atoms with Crippen LogP contribution in [0.5, 0.6) is 0 Å². The molecule has 6 heteroatoms. The first-order valence-electron chi connectivity index (χ1n) is 7.91. The molecule has 3 aromatic rings. The second-order valence-electron chi connectivity index (χ2n) is 5.91. The molecular weight excluding hydrogens is 318 g/mol. The first kappa shape index (κ1) is 16.7. The van der Waals surface area contributed by atoms with Crippen molar-refractivity contribution in [3.63, 3.8) is 0 Å². The van der Waals surface area contributed by atoms with Gasteiger partial charge in [0.05, 0.1) is 6.04 Å². The molecule has 3 N–H and O–H groups in total. The number of nitrogens with zero attached hydrogens (tertiary/aromatic N) is 1. The number of amides is 2. The predicted molar refractivity (Wildman–Crippen MR) is 94.5 cm³/mol. The van der Waals surface area contributed by atoms with E-state index >= 15 is 0 Å². The van der Waals surface area contributed by atoms with Gasteiger partial charge in [-0.3, -0.25) is 14.8 Å². The Morgan fingerprint density at radius 2 is 1.72 bits per heavy atom. The predicted octanol–water partition coefficient (Wildman–Crippen LogP) is 2.79. The zero-order valence-corrected chi connectivity index (χ0v) is 14.0. The second kappa shape index (κ2) is 6.78. The lowest BCUT2D eigenvalue weighted by molar-refractivity contribution is 0.0706. The number of aryl methyl sites for hydroxylation is 1. The Bertz CT molecular complexity index is 929. The average Bonchev–Trinajstić information content (AvgIpc) is 2.98. The van der Waals surface area contributed by atoms with Gasteiger partial charge in [0.1, 0.15) is 5.69 Å². The summed E-state index contributed by atoms with van der Waals surface area (Å²) in [4.78, 5) is 24.0. The molecule has 2 aromatic carbocycles. The number of rotatable bonds is 4. The number of hydrogen-bond donors (Lipinski definition) is 3. The minimum absolute atomic E-state index is 0.164. The number of hydrogen-bond acceptors (Lipinski definition) is 3. The lowest BCUT2D eigenvalue weighted by Crippen LogP contribution is -2.28. The topological polar surface area (TPSA) is 83.4 Å². The molecule has 0 saturated heterocycles. The van der Waals surface area contributed by atoms with Crippen LogP contribution in [0, 0.1) is 0 Å². The quantitative estimate of drug-likeness (QED) is 0.506. The van der Waals surface area contributed by atoms with Crippen molar-refractivity contribution in [1.82, 2.24) is 15.4 Å². The molecule has 6 nitrogen and oxygen atoms in total. The molecule has 0 aliphatic rings. The van der Waals surface area contributed by atoms with Crippen molar-refractivity contribution in [2.75, 3.05) is 0 Å². The Morgan fingerprint density at radius 1 is 1.04 bits per heavy atom. The molecule has 0 aliphatic carbocycles. The van der Waals surface area contributed by atoms with Crippen molar-refractivity contribution in [1.29, 1.82) is 0 Å². The summed E-state index contributed by atoms with van der Waals surface area (Å²) < 4.78 is 1.87. The van der Waals surface area contributed by atoms with Crippen LogP contribution in [0.1, 0.15) is 39.4 Å². The van der Waals surface area contributed by atoms with Crippen LogP contribution in [-0.4, -0.2) is 21.6 Å². The molecule has 0 saturated carbocycles.